The molecular weight excluding hydrogens is 210 g/mol. The molecule has 1 heterocycles. The number of nitrogens with zero attached hydrogens (tertiary/aromatic N) is 2. The maximum atomic E-state index is 4.21. The molecule has 0 saturated carbocycles. The molecule has 0 bridgehead atoms. The second-order valence-corrected chi connectivity index (χ2v) is 4.25. The summed E-state index contributed by atoms with van der Waals surface area (Å²) in [5, 5.41) is 3.52. The van der Waals surface area contributed by atoms with E-state index in [1.165, 1.54) is 5.56 Å². The van der Waals surface area contributed by atoms with Crippen molar-refractivity contribution in [2.45, 2.75) is 26.4 Å². The second-order valence-electron chi connectivity index (χ2n) is 4.25. The van der Waals surface area contributed by atoms with Crippen molar-refractivity contribution in [3.05, 3.63) is 54.1 Å². The molecule has 0 unspecified atom stereocenters. The van der Waals surface area contributed by atoms with E-state index in [1.54, 1.807) is 0 Å². The average Bonchev–Trinajstić information content (AvgIpc) is 2.76. The summed E-state index contributed by atoms with van der Waals surface area (Å²) in [4.78, 5) is 4.21. The largest absolute Gasteiger partial charge is 0.334 e. The molecule has 17 heavy (non-hydrogen) atoms. The van der Waals surface area contributed by atoms with E-state index in [0.29, 0.717) is 6.04 Å². The first-order chi connectivity index (χ1) is 8.27. The number of hydrogen-bond donors (Lipinski definition) is 1. The average molecular weight is 229 g/mol. The van der Waals surface area contributed by atoms with Gasteiger partial charge in [0.2, 0.25) is 0 Å². The third kappa shape index (κ3) is 3.17. The first-order valence-corrected chi connectivity index (χ1v) is 6.03. The van der Waals surface area contributed by atoms with Crippen LogP contribution in [0.2, 0.25) is 0 Å². The lowest BCUT2D eigenvalue weighted by Gasteiger charge is -2.14. The van der Waals surface area contributed by atoms with Gasteiger partial charge in [-0.15, -0.1) is 0 Å². The monoisotopic (exact) mass is 229 g/mol. The summed E-state index contributed by atoms with van der Waals surface area (Å²) in [7, 11) is 0. The molecule has 0 aliphatic carbocycles. The second kappa shape index (κ2) is 5.64. The Labute approximate surface area is 103 Å². The van der Waals surface area contributed by atoms with E-state index in [4.69, 9.17) is 0 Å². The van der Waals surface area contributed by atoms with Gasteiger partial charge in [0.05, 0.1) is 0 Å². The quantitative estimate of drug-likeness (QED) is 0.854. The van der Waals surface area contributed by atoms with Crippen LogP contribution in [0, 0.1) is 6.92 Å². The third-order valence-corrected chi connectivity index (χ3v) is 3.03. The molecule has 1 aromatic carbocycles. The van der Waals surface area contributed by atoms with E-state index in [9.17, 15) is 0 Å². The molecule has 0 radical (unpaired) electrons. The van der Waals surface area contributed by atoms with Crippen LogP contribution >= 0.6 is 0 Å². The summed E-state index contributed by atoms with van der Waals surface area (Å²) in [6.45, 7) is 6.13. The zero-order valence-electron chi connectivity index (χ0n) is 10.4. The van der Waals surface area contributed by atoms with Crippen molar-refractivity contribution in [1.82, 2.24) is 14.9 Å². The van der Waals surface area contributed by atoms with Crippen LogP contribution in [0.5, 0.6) is 0 Å². The highest BCUT2D eigenvalue weighted by molar-refractivity contribution is 5.17. The topological polar surface area (TPSA) is 29.9 Å². The number of imidazole rings is 1. The Bertz CT molecular complexity index is 448. The van der Waals surface area contributed by atoms with Crippen LogP contribution in [0.4, 0.5) is 0 Å². The molecule has 0 aliphatic rings. The van der Waals surface area contributed by atoms with E-state index >= 15 is 0 Å². The van der Waals surface area contributed by atoms with Gasteiger partial charge < -0.3 is 9.88 Å². The minimum atomic E-state index is 0.389. The molecule has 0 amide bonds. The van der Waals surface area contributed by atoms with Crippen molar-refractivity contribution in [3.8, 4) is 0 Å². The van der Waals surface area contributed by atoms with E-state index < -0.39 is 0 Å². The van der Waals surface area contributed by atoms with Crippen molar-refractivity contribution in [1.29, 1.82) is 0 Å². The maximum Gasteiger partial charge on any atom is 0.105 e. The van der Waals surface area contributed by atoms with Crippen molar-refractivity contribution in [2.75, 3.05) is 6.54 Å². The molecule has 0 spiro atoms. The lowest BCUT2D eigenvalue weighted by Crippen LogP contribution is -2.23. The van der Waals surface area contributed by atoms with Crippen LogP contribution in [-0.4, -0.2) is 16.1 Å². The fourth-order valence-corrected chi connectivity index (χ4v) is 1.90. The fourth-order valence-electron chi connectivity index (χ4n) is 1.90. The summed E-state index contributed by atoms with van der Waals surface area (Å²) in [5.41, 5.74) is 1.33. The third-order valence-electron chi connectivity index (χ3n) is 3.03. The molecule has 0 saturated heterocycles. The Morgan fingerprint density at radius 1 is 1.29 bits per heavy atom. The van der Waals surface area contributed by atoms with E-state index in [1.807, 2.05) is 25.4 Å². The Kier molecular flexibility index (Phi) is 3.94. The molecular formula is C14H19N3. The summed E-state index contributed by atoms with van der Waals surface area (Å²) in [5.74, 6) is 1.07. The zero-order valence-corrected chi connectivity index (χ0v) is 10.4. The van der Waals surface area contributed by atoms with E-state index in [2.05, 4.69) is 46.1 Å². The summed E-state index contributed by atoms with van der Waals surface area (Å²) >= 11 is 0. The number of nitrogens with one attached hydrogen (secondary N) is 1. The fraction of sp³-hybridized carbons (Fsp3) is 0.357. The molecule has 2 aromatic rings. The molecule has 0 fully saturated rings. The van der Waals surface area contributed by atoms with Gasteiger partial charge in [-0.3, -0.25) is 0 Å². The molecule has 90 valence electrons. The van der Waals surface area contributed by atoms with Crippen LogP contribution in [0.25, 0.3) is 0 Å². The first kappa shape index (κ1) is 11.9. The summed E-state index contributed by atoms with van der Waals surface area (Å²) in [6, 6.07) is 10.9. The van der Waals surface area contributed by atoms with E-state index in [-0.39, 0.29) is 0 Å². The van der Waals surface area contributed by atoms with Gasteiger partial charge in [0.15, 0.2) is 0 Å². The molecule has 3 heteroatoms. The van der Waals surface area contributed by atoms with Crippen molar-refractivity contribution in [2.24, 2.45) is 0 Å². The Morgan fingerprint density at radius 2 is 2.06 bits per heavy atom. The number of benzene rings is 1. The molecule has 0 aliphatic heterocycles. The SMILES string of the molecule is Cc1nccn1CCN[C@H](C)c1ccccc1. The van der Waals surface area contributed by atoms with Gasteiger partial charge in [-0.25, -0.2) is 4.98 Å². The highest BCUT2D eigenvalue weighted by Gasteiger charge is 2.03. The molecule has 1 atom stereocenters. The van der Waals surface area contributed by atoms with Gasteiger partial charge in [-0.1, -0.05) is 30.3 Å². The lowest BCUT2D eigenvalue weighted by atomic mass is 10.1. The van der Waals surface area contributed by atoms with Gasteiger partial charge in [0.1, 0.15) is 5.82 Å². The number of rotatable bonds is 5. The predicted octanol–water partition coefficient (Wildman–Crippen LogP) is 2.54. The van der Waals surface area contributed by atoms with Crippen LogP contribution in [0.3, 0.4) is 0 Å². The highest BCUT2D eigenvalue weighted by Crippen LogP contribution is 2.10. The van der Waals surface area contributed by atoms with Gasteiger partial charge in [-0.05, 0) is 19.4 Å². The Morgan fingerprint density at radius 3 is 2.71 bits per heavy atom. The molecule has 3 nitrogen and oxygen atoms in total. The van der Waals surface area contributed by atoms with Crippen molar-refractivity contribution >= 4 is 0 Å². The smallest absolute Gasteiger partial charge is 0.105 e. The van der Waals surface area contributed by atoms with Crippen LogP contribution in [0.15, 0.2) is 42.7 Å². The molecule has 1 aromatic heterocycles. The summed E-state index contributed by atoms with van der Waals surface area (Å²) in [6.07, 6.45) is 3.86. The van der Waals surface area contributed by atoms with Crippen LogP contribution < -0.4 is 5.32 Å². The van der Waals surface area contributed by atoms with Gasteiger partial charge in [-0.2, -0.15) is 0 Å². The number of aromatic nitrogens is 2. The van der Waals surface area contributed by atoms with Gasteiger partial charge >= 0.3 is 0 Å². The highest BCUT2D eigenvalue weighted by atomic mass is 15.1. The molecule has 1 N–H and O–H groups in total. The summed E-state index contributed by atoms with van der Waals surface area (Å²) < 4.78 is 2.16. The normalized spacial score (nSPS) is 12.6. The first-order valence-electron chi connectivity index (χ1n) is 6.03. The van der Waals surface area contributed by atoms with E-state index in [0.717, 1.165) is 18.9 Å². The van der Waals surface area contributed by atoms with Gasteiger partial charge in [0, 0.05) is 31.5 Å². The standard InChI is InChI=1S/C14H19N3/c1-12(14-6-4-3-5-7-14)15-8-10-17-11-9-16-13(17)2/h3-7,9,11-12,15H,8,10H2,1-2H3/t12-/m1/s1. The number of aryl methyl sites for hydroxylation is 1. The Hall–Kier alpha value is -1.61. The minimum absolute atomic E-state index is 0.389. The van der Waals surface area contributed by atoms with Crippen molar-refractivity contribution < 1.29 is 0 Å². The number of hydrogen-bond acceptors (Lipinski definition) is 2. The van der Waals surface area contributed by atoms with Crippen molar-refractivity contribution in [3.63, 3.8) is 0 Å². The molecule has 2 rings (SSSR count). The zero-order chi connectivity index (χ0) is 12.1. The maximum absolute atomic E-state index is 4.21. The predicted molar refractivity (Wildman–Crippen MR) is 69.8 cm³/mol. The minimum Gasteiger partial charge on any atom is -0.334 e. The van der Waals surface area contributed by atoms with Crippen LogP contribution in [0.1, 0.15) is 24.4 Å². The lowest BCUT2D eigenvalue weighted by molar-refractivity contribution is 0.526. The van der Waals surface area contributed by atoms with Crippen LogP contribution in [-0.2, 0) is 6.54 Å². The Balaban J connectivity index is 1.81. The van der Waals surface area contributed by atoms with Gasteiger partial charge in [0.25, 0.3) is 0 Å².